The first-order valence-corrected chi connectivity index (χ1v) is 13.3. The van der Waals surface area contributed by atoms with E-state index in [2.05, 4.69) is 4.98 Å². The average Bonchev–Trinajstić information content (AvgIpc) is 3.30. The molecule has 1 aliphatic heterocycles. The van der Waals surface area contributed by atoms with Crippen LogP contribution in [0.2, 0.25) is 0 Å². The van der Waals surface area contributed by atoms with Crippen LogP contribution >= 0.6 is 11.8 Å². The summed E-state index contributed by atoms with van der Waals surface area (Å²) in [5.41, 5.74) is 3.33. The van der Waals surface area contributed by atoms with Crippen molar-refractivity contribution in [3.05, 3.63) is 65.9 Å². The van der Waals surface area contributed by atoms with Gasteiger partial charge in [0.2, 0.25) is 15.9 Å². The summed E-state index contributed by atoms with van der Waals surface area (Å²) < 4.78 is 27.7. The molecule has 0 bridgehead atoms. The van der Waals surface area contributed by atoms with Crippen LogP contribution in [0.15, 0.2) is 64.5 Å². The highest BCUT2D eigenvalue weighted by Crippen LogP contribution is 2.28. The number of benzene rings is 2. The average molecular weight is 468 g/mol. The van der Waals surface area contributed by atoms with E-state index in [1.54, 1.807) is 17.2 Å². The van der Waals surface area contributed by atoms with Crippen molar-refractivity contribution in [2.45, 2.75) is 29.1 Å². The van der Waals surface area contributed by atoms with Crippen LogP contribution in [0, 0.1) is 0 Å². The highest BCUT2D eigenvalue weighted by atomic mass is 32.2. The van der Waals surface area contributed by atoms with Crippen molar-refractivity contribution in [1.82, 2.24) is 14.2 Å². The smallest absolute Gasteiger partial charge is 0.243 e. The largest absolute Gasteiger partial charge is 0.339 e. The van der Waals surface area contributed by atoms with Gasteiger partial charge >= 0.3 is 0 Å². The van der Waals surface area contributed by atoms with Crippen LogP contribution in [0.25, 0.3) is 10.9 Å². The quantitative estimate of drug-likeness (QED) is 0.538. The van der Waals surface area contributed by atoms with E-state index >= 15 is 0 Å². The van der Waals surface area contributed by atoms with Gasteiger partial charge in [-0.3, -0.25) is 9.78 Å². The van der Waals surface area contributed by atoms with Crippen molar-refractivity contribution < 1.29 is 13.2 Å². The highest BCUT2D eigenvalue weighted by molar-refractivity contribution is 8.00. The second kappa shape index (κ2) is 8.84. The zero-order valence-electron chi connectivity index (χ0n) is 17.7. The Balaban J connectivity index is 1.20. The number of hydrogen-bond acceptors (Lipinski definition) is 5. The second-order valence-electron chi connectivity index (χ2n) is 8.18. The van der Waals surface area contributed by atoms with Crippen molar-refractivity contribution >= 4 is 38.6 Å². The molecule has 0 atom stereocenters. The van der Waals surface area contributed by atoms with Gasteiger partial charge in [-0.1, -0.05) is 24.3 Å². The number of rotatable bonds is 5. The first-order valence-electron chi connectivity index (χ1n) is 10.9. The standard InChI is InChI=1S/C24H25N3O3S2/c28-24(17-31-23-10-11-25-22-7-2-1-6-21(22)23)26-12-14-27(15-13-26)32(29,30)20-9-8-18-4-3-5-19(18)16-20/h1-2,6-11,16H,3-5,12-15,17H2. The molecule has 2 aliphatic rings. The summed E-state index contributed by atoms with van der Waals surface area (Å²) in [4.78, 5) is 20.3. The molecule has 1 fully saturated rings. The Kier molecular flexibility index (Phi) is 5.92. The predicted octanol–water partition coefficient (Wildman–Crippen LogP) is 3.35. The fraction of sp³-hybridized carbons (Fsp3) is 0.333. The number of carbonyl (C=O) groups is 1. The van der Waals surface area contributed by atoms with Gasteiger partial charge in [-0.2, -0.15) is 4.31 Å². The molecule has 166 valence electrons. The Morgan fingerprint density at radius 3 is 2.59 bits per heavy atom. The van der Waals surface area contributed by atoms with E-state index in [9.17, 15) is 13.2 Å². The molecule has 2 heterocycles. The van der Waals surface area contributed by atoms with Crippen LogP contribution in [0.1, 0.15) is 17.5 Å². The maximum Gasteiger partial charge on any atom is 0.243 e. The Morgan fingerprint density at radius 1 is 0.969 bits per heavy atom. The van der Waals surface area contributed by atoms with Crippen LogP contribution in [0.3, 0.4) is 0 Å². The monoisotopic (exact) mass is 467 g/mol. The number of nitrogens with zero attached hydrogens (tertiary/aromatic N) is 3. The van der Waals surface area contributed by atoms with Gasteiger partial charge in [-0.25, -0.2) is 8.42 Å². The van der Waals surface area contributed by atoms with Crippen LogP contribution in [0.5, 0.6) is 0 Å². The molecule has 1 aromatic heterocycles. The van der Waals surface area contributed by atoms with E-state index < -0.39 is 10.0 Å². The molecule has 0 saturated carbocycles. The van der Waals surface area contributed by atoms with Crippen molar-refractivity contribution in [2.24, 2.45) is 0 Å². The molecule has 0 radical (unpaired) electrons. The summed E-state index contributed by atoms with van der Waals surface area (Å²) in [6.45, 7) is 1.49. The fourth-order valence-electron chi connectivity index (χ4n) is 4.46. The van der Waals surface area contributed by atoms with E-state index in [0.717, 1.165) is 40.6 Å². The minimum atomic E-state index is -3.53. The van der Waals surface area contributed by atoms with Crippen LogP contribution < -0.4 is 0 Å². The summed E-state index contributed by atoms with van der Waals surface area (Å²) in [7, 11) is -3.53. The van der Waals surface area contributed by atoms with Gasteiger partial charge in [-0.05, 0) is 54.7 Å². The number of piperazine rings is 1. The molecule has 1 saturated heterocycles. The summed E-state index contributed by atoms with van der Waals surface area (Å²) in [6, 6.07) is 15.3. The highest BCUT2D eigenvalue weighted by Gasteiger charge is 2.30. The molecule has 5 rings (SSSR count). The molecule has 2 aromatic carbocycles. The molecule has 0 spiro atoms. The van der Waals surface area contributed by atoms with Gasteiger partial charge in [0.1, 0.15) is 0 Å². The van der Waals surface area contributed by atoms with E-state index in [4.69, 9.17) is 0 Å². The number of carbonyl (C=O) groups excluding carboxylic acids is 1. The van der Waals surface area contributed by atoms with Gasteiger partial charge in [0, 0.05) is 42.7 Å². The van der Waals surface area contributed by atoms with Crippen LogP contribution in [0.4, 0.5) is 0 Å². The number of fused-ring (bicyclic) bond motifs is 2. The van der Waals surface area contributed by atoms with Gasteiger partial charge in [0.05, 0.1) is 16.2 Å². The first kappa shape index (κ1) is 21.4. The van der Waals surface area contributed by atoms with Gasteiger partial charge in [0.15, 0.2) is 0 Å². The van der Waals surface area contributed by atoms with E-state index in [1.165, 1.54) is 21.6 Å². The number of thioether (sulfide) groups is 1. The van der Waals surface area contributed by atoms with Crippen molar-refractivity contribution in [3.8, 4) is 0 Å². The van der Waals surface area contributed by atoms with Crippen molar-refractivity contribution in [2.75, 3.05) is 31.9 Å². The van der Waals surface area contributed by atoms with E-state index in [0.29, 0.717) is 36.8 Å². The summed E-state index contributed by atoms with van der Waals surface area (Å²) >= 11 is 1.50. The Hall–Kier alpha value is -2.42. The Bertz CT molecular complexity index is 1260. The third kappa shape index (κ3) is 4.14. The number of sulfonamides is 1. The Labute approximate surface area is 192 Å². The molecule has 32 heavy (non-hydrogen) atoms. The fourth-order valence-corrected chi connectivity index (χ4v) is 6.88. The third-order valence-electron chi connectivity index (χ3n) is 6.26. The summed E-state index contributed by atoms with van der Waals surface area (Å²) in [5, 5.41) is 1.04. The molecule has 6 nitrogen and oxygen atoms in total. The summed E-state index contributed by atoms with van der Waals surface area (Å²) in [6.07, 6.45) is 4.83. The zero-order chi connectivity index (χ0) is 22.1. The first-order chi connectivity index (χ1) is 15.5. The second-order valence-corrected chi connectivity index (χ2v) is 11.1. The predicted molar refractivity (Wildman–Crippen MR) is 126 cm³/mol. The molecule has 8 heteroatoms. The maximum atomic E-state index is 13.1. The summed E-state index contributed by atoms with van der Waals surface area (Å²) in [5.74, 6) is 0.358. The lowest BCUT2D eigenvalue weighted by atomic mass is 10.1. The molecular formula is C24H25N3O3S2. The van der Waals surface area contributed by atoms with Gasteiger partial charge in [-0.15, -0.1) is 11.8 Å². The number of hydrogen-bond donors (Lipinski definition) is 0. The molecule has 1 aliphatic carbocycles. The lowest BCUT2D eigenvalue weighted by Gasteiger charge is -2.34. The van der Waals surface area contributed by atoms with Crippen LogP contribution in [-0.4, -0.2) is 60.4 Å². The zero-order valence-corrected chi connectivity index (χ0v) is 19.4. The minimum absolute atomic E-state index is 0.0328. The van der Waals surface area contributed by atoms with Gasteiger partial charge in [0.25, 0.3) is 0 Å². The lowest BCUT2D eigenvalue weighted by molar-refractivity contribution is -0.129. The number of amides is 1. The number of para-hydroxylation sites is 1. The topological polar surface area (TPSA) is 70.6 Å². The van der Waals surface area contributed by atoms with Crippen molar-refractivity contribution in [1.29, 1.82) is 0 Å². The third-order valence-corrected chi connectivity index (χ3v) is 9.21. The maximum absolute atomic E-state index is 13.1. The minimum Gasteiger partial charge on any atom is -0.339 e. The molecular weight excluding hydrogens is 442 g/mol. The lowest BCUT2D eigenvalue weighted by Crippen LogP contribution is -2.50. The molecule has 0 unspecified atom stereocenters. The Morgan fingerprint density at radius 2 is 1.75 bits per heavy atom. The molecule has 1 amide bonds. The van der Waals surface area contributed by atoms with E-state index in [-0.39, 0.29) is 5.91 Å². The SMILES string of the molecule is O=C(CSc1ccnc2ccccc12)N1CCN(S(=O)(=O)c2ccc3c(c2)CCC3)CC1. The molecule has 3 aromatic rings. The number of pyridine rings is 1. The van der Waals surface area contributed by atoms with Crippen molar-refractivity contribution in [3.63, 3.8) is 0 Å². The number of aromatic nitrogens is 1. The van der Waals surface area contributed by atoms with Gasteiger partial charge < -0.3 is 4.90 Å². The van der Waals surface area contributed by atoms with Crippen LogP contribution in [-0.2, 0) is 27.7 Å². The molecule has 0 N–H and O–H groups in total. The number of aryl methyl sites for hydroxylation is 2. The van der Waals surface area contributed by atoms with E-state index in [1.807, 2.05) is 42.5 Å². The normalized spacial score (nSPS) is 16.9.